The van der Waals surface area contributed by atoms with E-state index in [2.05, 4.69) is 73.5 Å². The number of rotatable bonds is 6. The zero-order valence-corrected chi connectivity index (χ0v) is 20.6. The highest BCUT2D eigenvalue weighted by atomic mass is 16.1. The summed E-state index contributed by atoms with van der Waals surface area (Å²) in [7, 11) is 0. The number of aryl methyl sites for hydroxylation is 2. The van der Waals surface area contributed by atoms with E-state index in [0.717, 1.165) is 68.7 Å². The number of carbonyl (C=O) groups excluding carboxylic acids is 1. The van der Waals surface area contributed by atoms with Gasteiger partial charge in [0.25, 0.3) is 5.91 Å². The van der Waals surface area contributed by atoms with Crippen molar-refractivity contribution in [1.29, 1.82) is 0 Å². The Morgan fingerprint density at radius 1 is 0.971 bits per heavy atom. The predicted molar refractivity (Wildman–Crippen MR) is 142 cm³/mol. The van der Waals surface area contributed by atoms with Crippen LogP contribution in [0.4, 0.5) is 5.69 Å². The maximum absolute atomic E-state index is 13.3. The van der Waals surface area contributed by atoms with Crippen LogP contribution in [-0.4, -0.2) is 32.1 Å². The molecule has 0 atom stereocenters. The second-order valence-electron chi connectivity index (χ2n) is 9.74. The normalized spacial score (nSPS) is 14.7. The van der Waals surface area contributed by atoms with Gasteiger partial charge in [-0.05, 0) is 76.8 Å². The summed E-state index contributed by atoms with van der Waals surface area (Å²) in [6.45, 7) is 10.2. The molecule has 1 aliphatic heterocycles. The fourth-order valence-electron chi connectivity index (χ4n) is 6.01. The SMILES string of the molecule is CCCCc1c(C(N)=O)c(N2CCNCC2)c2c(c1-c1c(C)cccc1C)-c1ccccc1C2. The summed E-state index contributed by atoms with van der Waals surface area (Å²) in [6, 6.07) is 15.3. The van der Waals surface area contributed by atoms with E-state index in [4.69, 9.17) is 5.73 Å². The van der Waals surface area contributed by atoms with Crippen LogP contribution in [0.25, 0.3) is 22.3 Å². The molecule has 34 heavy (non-hydrogen) atoms. The number of primary amides is 1. The molecule has 1 saturated heterocycles. The van der Waals surface area contributed by atoms with Gasteiger partial charge in [-0.15, -0.1) is 0 Å². The van der Waals surface area contributed by atoms with Gasteiger partial charge in [-0.3, -0.25) is 4.79 Å². The second-order valence-corrected chi connectivity index (χ2v) is 9.74. The highest BCUT2D eigenvalue weighted by molar-refractivity contribution is 6.08. The quantitative estimate of drug-likeness (QED) is 0.411. The first-order valence-corrected chi connectivity index (χ1v) is 12.6. The van der Waals surface area contributed by atoms with Gasteiger partial charge in [0.1, 0.15) is 0 Å². The molecule has 0 spiro atoms. The summed E-state index contributed by atoms with van der Waals surface area (Å²) in [6.07, 6.45) is 3.80. The fraction of sp³-hybridized carbons (Fsp3) is 0.367. The Hall–Kier alpha value is -3.11. The minimum absolute atomic E-state index is 0.300. The molecule has 3 aromatic carbocycles. The van der Waals surface area contributed by atoms with Gasteiger partial charge in [0.2, 0.25) is 0 Å². The summed E-state index contributed by atoms with van der Waals surface area (Å²) >= 11 is 0. The van der Waals surface area contributed by atoms with Gasteiger partial charge in [-0.1, -0.05) is 55.8 Å². The molecule has 0 unspecified atom stereocenters. The molecule has 0 aromatic heterocycles. The van der Waals surface area contributed by atoms with Crippen LogP contribution in [0.15, 0.2) is 42.5 Å². The monoisotopic (exact) mass is 453 g/mol. The van der Waals surface area contributed by atoms with Crippen molar-refractivity contribution in [1.82, 2.24) is 5.32 Å². The Morgan fingerprint density at radius 2 is 1.68 bits per heavy atom. The van der Waals surface area contributed by atoms with Crippen LogP contribution < -0.4 is 16.0 Å². The third-order valence-electron chi connectivity index (χ3n) is 7.52. The van der Waals surface area contributed by atoms with Gasteiger partial charge in [-0.25, -0.2) is 0 Å². The molecule has 5 rings (SSSR count). The average molecular weight is 454 g/mol. The second kappa shape index (κ2) is 9.27. The summed E-state index contributed by atoms with van der Waals surface area (Å²) in [5.41, 5.74) is 19.4. The van der Waals surface area contributed by atoms with Crippen LogP contribution in [0.5, 0.6) is 0 Å². The smallest absolute Gasteiger partial charge is 0.251 e. The zero-order chi connectivity index (χ0) is 23.8. The lowest BCUT2D eigenvalue weighted by Gasteiger charge is -2.35. The van der Waals surface area contributed by atoms with Gasteiger partial charge >= 0.3 is 0 Å². The van der Waals surface area contributed by atoms with Crippen molar-refractivity contribution < 1.29 is 4.79 Å². The van der Waals surface area contributed by atoms with Gasteiger partial charge in [0, 0.05) is 32.6 Å². The van der Waals surface area contributed by atoms with Gasteiger partial charge in [-0.2, -0.15) is 0 Å². The number of hydrogen-bond acceptors (Lipinski definition) is 3. The Morgan fingerprint density at radius 3 is 2.35 bits per heavy atom. The topological polar surface area (TPSA) is 58.4 Å². The van der Waals surface area contributed by atoms with E-state index in [1.807, 2.05) is 0 Å². The van der Waals surface area contributed by atoms with Crippen molar-refractivity contribution in [3.63, 3.8) is 0 Å². The van der Waals surface area contributed by atoms with E-state index >= 15 is 0 Å². The van der Waals surface area contributed by atoms with Crippen molar-refractivity contribution in [2.75, 3.05) is 31.1 Å². The highest BCUT2D eigenvalue weighted by Gasteiger charge is 2.34. The molecule has 3 aromatic rings. The number of anilines is 1. The molecule has 3 N–H and O–H groups in total. The van der Waals surface area contributed by atoms with E-state index in [0.29, 0.717) is 0 Å². The Bertz CT molecular complexity index is 1230. The average Bonchev–Trinajstić information content (AvgIpc) is 3.22. The third-order valence-corrected chi connectivity index (χ3v) is 7.52. The first kappa shape index (κ1) is 22.7. The van der Waals surface area contributed by atoms with Gasteiger partial charge < -0.3 is 16.0 Å². The number of carbonyl (C=O) groups is 1. The molecule has 1 amide bonds. The van der Waals surface area contributed by atoms with Crippen molar-refractivity contribution in [3.05, 3.63) is 75.8 Å². The van der Waals surface area contributed by atoms with Crippen LogP contribution in [0.3, 0.4) is 0 Å². The largest absolute Gasteiger partial charge is 0.368 e. The van der Waals surface area contributed by atoms with Crippen LogP contribution in [0, 0.1) is 13.8 Å². The first-order chi connectivity index (χ1) is 16.5. The lowest BCUT2D eigenvalue weighted by molar-refractivity contribution is 0.0999. The summed E-state index contributed by atoms with van der Waals surface area (Å²) in [5, 5.41) is 3.46. The minimum atomic E-state index is -0.300. The van der Waals surface area contributed by atoms with Crippen molar-refractivity contribution in [2.45, 2.75) is 46.5 Å². The molecular weight excluding hydrogens is 418 g/mol. The molecule has 4 heteroatoms. The minimum Gasteiger partial charge on any atom is -0.368 e. The molecule has 1 heterocycles. The summed E-state index contributed by atoms with van der Waals surface area (Å²) in [4.78, 5) is 15.7. The fourth-order valence-corrected chi connectivity index (χ4v) is 6.01. The number of unbranched alkanes of at least 4 members (excludes halogenated alkanes) is 1. The van der Waals surface area contributed by atoms with E-state index in [9.17, 15) is 4.79 Å². The molecule has 1 fully saturated rings. The maximum Gasteiger partial charge on any atom is 0.251 e. The maximum atomic E-state index is 13.3. The standard InChI is InChI=1S/C30H35N3O/c1-4-5-12-23-27(25-19(2)9-8-10-20(25)3)26-22-13-7-6-11-21(22)18-24(26)29(28(23)30(31)34)33-16-14-32-15-17-33/h6-11,13,32H,4-5,12,14-18H2,1-3H3,(H2,31,34). The van der Waals surface area contributed by atoms with Crippen LogP contribution in [0.2, 0.25) is 0 Å². The van der Waals surface area contributed by atoms with E-state index in [-0.39, 0.29) is 5.91 Å². The number of nitrogens with two attached hydrogens (primary N) is 1. The number of nitrogens with zero attached hydrogens (tertiary/aromatic N) is 1. The zero-order valence-electron chi connectivity index (χ0n) is 20.6. The number of amides is 1. The Balaban J connectivity index is 1.94. The van der Waals surface area contributed by atoms with Gasteiger partial charge in [0.15, 0.2) is 0 Å². The number of fused-ring (bicyclic) bond motifs is 3. The first-order valence-electron chi connectivity index (χ1n) is 12.6. The van der Waals surface area contributed by atoms with E-state index in [1.54, 1.807) is 0 Å². The molecule has 0 saturated carbocycles. The Kier molecular flexibility index (Phi) is 6.18. The predicted octanol–water partition coefficient (Wildman–Crippen LogP) is 5.39. The molecular formula is C30H35N3O. The number of hydrogen-bond donors (Lipinski definition) is 2. The summed E-state index contributed by atoms with van der Waals surface area (Å²) in [5.74, 6) is -0.300. The third kappa shape index (κ3) is 3.70. The van der Waals surface area contributed by atoms with Crippen LogP contribution in [-0.2, 0) is 12.8 Å². The lowest BCUT2D eigenvalue weighted by atomic mass is 9.80. The van der Waals surface area contributed by atoms with Gasteiger partial charge in [0.05, 0.1) is 11.3 Å². The van der Waals surface area contributed by atoms with Crippen molar-refractivity contribution in [2.24, 2.45) is 5.73 Å². The number of nitrogens with one attached hydrogen (secondary N) is 1. The molecule has 4 nitrogen and oxygen atoms in total. The molecule has 176 valence electrons. The molecule has 0 bridgehead atoms. The van der Waals surface area contributed by atoms with Crippen LogP contribution >= 0.6 is 0 Å². The summed E-state index contributed by atoms with van der Waals surface area (Å²) < 4.78 is 0. The molecule has 1 aliphatic carbocycles. The van der Waals surface area contributed by atoms with E-state index in [1.165, 1.54) is 44.5 Å². The van der Waals surface area contributed by atoms with Crippen LogP contribution in [0.1, 0.15) is 57.9 Å². The van der Waals surface area contributed by atoms with Crippen molar-refractivity contribution >= 4 is 11.6 Å². The molecule has 0 radical (unpaired) electrons. The highest BCUT2D eigenvalue weighted by Crippen LogP contribution is 2.52. The van der Waals surface area contributed by atoms with Crippen molar-refractivity contribution in [3.8, 4) is 22.3 Å². The van der Waals surface area contributed by atoms with E-state index < -0.39 is 0 Å². The number of benzene rings is 3. The lowest BCUT2D eigenvalue weighted by Crippen LogP contribution is -2.45. The molecule has 2 aliphatic rings. The number of piperazine rings is 1. The Labute approximate surface area is 203 Å².